The molecule has 0 N–H and O–H groups in total. The summed E-state index contributed by atoms with van der Waals surface area (Å²) in [6, 6.07) is 0. The van der Waals surface area contributed by atoms with E-state index in [1.807, 2.05) is 0 Å². The molecule has 16 heavy (non-hydrogen) atoms. The maximum atomic E-state index is 10.2. The van der Waals surface area contributed by atoms with Gasteiger partial charge in [-0.2, -0.15) is 0 Å². The molecule has 0 amide bonds. The van der Waals surface area contributed by atoms with Crippen molar-refractivity contribution in [1.29, 1.82) is 0 Å². The average Bonchev–Trinajstić information content (AvgIpc) is 2.27. The summed E-state index contributed by atoms with van der Waals surface area (Å²) in [5.41, 5.74) is 0. The SMILES string of the molecule is O=P#CN(C#P=O)CCN(C#P=O)C#P=O. The number of nitrogens with zero attached hydrogens (tertiary/aromatic N) is 2. The molecule has 0 heterocycles. The van der Waals surface area contributed by atoms with Crippen molar-refractivity contribution in [3.8, 4) is 23.0 Å². The molecular weight excluding hydrogens is 288 g/mol. The van der Waals surface area contributed by atoms with E-state index in [9.17, 15) is 18.3 Å². The molecule has 0 bridgehead atoms. The van der Waals surface area contributed by atoms with Crippen LogP contribution in [0, 0.1) is 23.0 Å². The Morgan fingerprint density at radius 1 is 0.625 bits per heavy atom. The molecular formula is C6H4N2O4P4. The van der Waals surface area contributed by atoms with Gasteiger partial charge < -0.3 is 0 Å². The van der Waals surface area contributed by atoms with Gasteiger partial charge in [-0.15, -0.1) is 0 Å². The molecule has 0 aliphatic rings. The Hall–Kier alpha value is -0.0400. The standard InChI is InChI=1S/C6H4N2O4P4/c9-13-3-7(4-14-10)1-2-8(5-15-11)6-16-12/h1-2H2. The van der Waals surface area contributed by atoms with Crippen LogP contribution in [0.3, 0.4) is 0 Å². The Morgan fingerprint density at radius 2 is 0.875 bits per heavy atom. The van der Waals surface area contributed by atoms with Crippen LogP contribution in [0.2, 0.25) is 0 Å². The summed E-state index contributed by atoms with van der Waals surface area (Å²) in [4.78, 5) is 2.34. The molecule has 0 aliphatic carbocycles. The molecule has 6 nitrogen and oxygen atoms in total. The predicted octanol–water partition coefficient (Wildman–Crippen LogP) is 2.42. The minimum atomic E-state index is -0.376. The number of rotatable bonds is 3. The van der Waals surface area contributed by atoms with Crippen molar-refractivity contribution in [2.75, 3.05) is 13.1 Å². The Balaban J connectivity index is 4.64. The molecule has 0 aromatic heterocycles. The summed E-state index contributed by atoms with van der Waals surface area (Å²) in [5, 5.41) is 0. The third kappa shape index (κ3) is 8.15. The zero-order valence-electron chi connectivity index (χ0n) is 7.73. The van der Waals surface area contributed by atoms with Crippen molar-refractivity contribution in [3.63, 3.8) is 0 Å². The zero-order chi connectivity index (χ0) is 12.2. The maximum absolute atomic E-state index is 10.2. The van der Waals surface area contributed by atoms with Crippen LogP contribution in [-0.2, 0) is 18.3 Å². The first-order valence-corrected chi connectivity index (χ1v) is 6.90. The van der Waals surface area contributed by atoms with Crippen molar-refractivity contribution in [2.45, 2.75) is 0 Å². The van der Waals surface area contributed by atoms with Gasteiger partial charge in [0.2, 0.25) is 0 Å². The van der Waals surface area contributed by atoms with Crippen molar-refractivity contribution in [2.24, 2.45) is 0 Å². The first-order chi connectivity index (χ1) is 7.78. The molecule has 0 aromatic carbocycles. The van der Waals surface area contributed by atoms with E-state index in [-0.39, 0.29) is 44.8 Å². The fourth-order valence-electron chi connectivity index (χ4n) is 0.642. The van der Waals surface area contributed by atoms with Crippen molar-refractivity contribution < 1.29 is 18.3 Å². The summed E-state index contributed by atoms with van der Waals surface area (Å²) in [7, 11) is -1.50. The van der Waals surface area contributed by atoms with Crippen LogP contribution in [0.1, 0.15) is 0 Å². The first kappa shape index (κ1) is 16.0. The van der Waals surface area contributed by atoms with Gasteiger partial charge in [0.05, 0.1) is 0 Å². The van der Waals surface area contributed by atoms with Crippen molar-refractivity contribution in [3.05, 3.63) is 0 Å². The zero-order valence-corrected chi connectivity index (χ0v) is 11.3. The van der Waals surface area contributed by atoms with Crippen LogP contribution in [0.15, 0.2) is 0 Å². The summed E-state index contributed by atoms with van der Waals surface area (Å²) < 4.78 is 41.0. The van der Waals surface area contributed by atoms with E-state index in [0.717, 1.165) is 0 Å². The molecule has 0 unspecified atom stereocenters. The van der Waals surface area contributed by atoms with Gasteiger partial charge in [0, 0.05) is 0 Å². The van der Waals surface area contributed by atoms with Crippen LogP contribution in [-0.4, -0.2) is 22.9 Å². The summed E-state index contributed by atoms with van der Waals surface area (Å²) in [6.07, 6.45) is 0. The Morgan fingerprint density at radius 3 is 1.06 bits per heavy atom. The van der Waals surface area contributed by atoms with Gasteiger partial charge in [-0.05, 0) is 0 Å². The fraction of sp³-hybridized carbons (Fsp3) is 0.333. The second-order valence-corrected chi connectivity index (χ2v) is 3.60. The normalized spacial score (nSPS) is 8.38. The van der Waals surface area contributed by atoms with E-state index in [1.54, 1.807) is 0 Å². The van der Waals surface area contributed by atoms with Gasteiger partial charge in [-0.25, -0.2) is 0 Å². The average molecular weight is 292 g/mol. The van der Waals surface area contributed by atoms with Gasteiger partial charge in [0.1, 0.15) is 0 Å². The van der Waals surface area contributed by atoms with Crippen LogP contribution in [0.4, 0.5) is 0 Å². The molecule has 0 atom stereocenters. The van der Waals surface area contributed by atoms with Crippen LogP contribution in [0.25, 0.3) is 0 Å². The molecule has 0 fully saturated rings. The van der Waals surface area contributed by atoms with Crippen molar-refractivity contribution >= 4 is 31.7 Å². The molecule has 82 valence electrons. The fourth-order valence-corrected chi connectivity index (χ4v) is 1.79. The third-order valence-electron chi connectivity index (χ3n) is 1.19. The monoisotopic (exact) mass is 292 g/mol. The van der Waals surface area contributed by atoms with Gasteiger partial charge in [-0.3, -0.25) is 0 Å². The molecule has 0 spiro atoms. The van der Waals surface area contributed by atoms with Crippen LogP contribution < -0.4 is 0 Å². The topological polar surface area (TPSA) is 74.8 Å². The molecule has 10 heteroatoms. The van der Waals surface area contributed by atoms with E-state index in [4.69, 9.17) is 0 Å². The predicted molar refractivity (Wildman–Crippen MR) is 59.4 cm³/mol. The molecule has 0 rings (SSSR count). The van der Waals surface area contributed by atoms with Gasteiger partial charge in [-0.1, -0.05) is 0 Å². The Labute approximate surface area is 96.2 Å². The van der Waals surface area contributed by atoms with Crippen molar-refractivity contribution in [1.82, 2.24) is 9.80 Å². The molecule has 0 radical (unpaired) electrons. The minimum absolute atomic E-state index is 0.204. The Kier molecular flexibility index (Phi) is 11.4. The number of hydrogen-bond donors (Lipinski definition) is 0. The van der Waals surface area contributed by atoms with Gasteiger partial charge in [0.25, 0.3) is 0 Å². The third-order valence-corrected chi connectivity index (χ3v) is 2.49. The second-order valence-electron chi connectivity index (χ2n) is 2.07. The summed E-state index contributed by atoms with van der Waals surface area (Å²) in [6.45, 7) is 0.408. The van der Waals surface area contributed by atoms with Gasteiger partial charge in [0.15, 0.2) is 0 Å². The molecule has 0 saturated carbocycles. The quantitative estimate of drug-likeness (QED) is 0.587. The van der Waals surface area contributed by atoms with Gasteiger partial charge >= 0.3 is 95.8 Å². The number of hydrogen-bond acceptors (Lipinski definition) is 6. The molecule has 0 aromatic rings. The van der Waals surface area contributed by atoms with E-state index in [2.05, 4.69) is 23.0 Å². The van der Waals surface area contributed by atoms with E-state index < -0.39 is 0 Å². The summed E-state index contributed by atoms with van der Waals surface area (Å²) in [5.74, 6) is 9.25. The van der Waals surface area contributed by atoms with E-state index in [0.29, 0.717) is 0 Å². The summed E-state index contributed by atoms with van der Waals surface area (Å²) >= 11 is 0. The molecule has 0 saturated heterocycles. The van der Waals surface area contributed by atoms with E-state index in [1.165, 1.54) is 9.80 Å². The second kappa shape index (κ2) is 11.4. The molecule has 0 aliphatic heterocycles. The van der Waals surface area contributed by atoms with Crippen LogP contribution >= 0.6 is 31.7 Å². The van der Waals surface area contributed by atoms with E-state index >= 15 is 0 Å². The van der Waals surface area contributed by atoms with Crippen LogP contribution in [0.5, 0.6) is 0 Å². The first-order valence-electron chi connectivity index (χ1n) is 3.65. The Bertz CT molecular complexity index is 523.